The van der Waals surface area contributed by atoms with Crippen molar-refractivity contribution in [1.29, 1.82) is 0 Å². The van der Waals surface area contributed by atoms with Gasteiger partial charge in [-0.2, -0.15) is 12.6 Å². The van der Waals surface area contributed by atoms with Crippen molar-refractivity contribution in [3.05, 3.63) is 0 Å². The summed E-state index contributed by atoms with van der Waals surface area (Å²) >= 11 is 3.88. The Morgan fingerprint density at radius 2 is 1.73 bits per heavy atom. The summed E-state index contributed by atoms with van der Waals surface area (Å²) in [5, 5.41) is 30.0. The number of carboxylic acids is 2. The first-order valence-electron chi connectivity index (χ1n) is 6.09. The van der Waals surface area contributed by atoms with Crippen LogP contribution in [0.25, 0.3) is 0 Å². The highest BCUT2D eigenvalue weighted by Crippen LogP contribution is 1.99. The zero-order valence-electron chi connectivity index (χ0n) is 11.4. The molecule has 0 saturated carbocycles. The van der Waals surface area contributed by atoms with Crippen LogP contribution < -0.4 is 21.6 Å². The van der Waals surface area contributed by atoms with E-state index in [1.54, 1.807) is 0 Å². The van der Waals surface area contributed by atoms with E-state index in [-0.39, 0.29) is 18.6 Å². The summed E-state index contributed by atoms with van der Waals surface area (Å²) in [5.74, 6) is -3.90. The Labute approximate surface area is 130 Å². The molecule has 0 aromatic carbocycles. The van der Waals surface area contributed by atoms with Crippen molar-refractivity contribution in [2.75, 3.05) is 12.3 Å². The summed E-state index contributed by atoms with van der Waals surface area (Å²) in [7, 11) is 0. The number of hydrogen-bond acceptors (Lipinski definition) is 8. The molecule has 0 aromatic heterocycles. The lowest BCUT2D eigenvalue weighted by Gasteiger charge is -2.17. The lowest BCUT2D eigenvalue weighted by Crippen LogP contribution is -2.49. The van der Waals surface area contributed by atoms with Gasteiger partial charge in [-0.05, 0) is 6.42 Å². The Bertz CT molecular complexity index is 420. The third kappa shape index (κ3) is 8.41. The first-order valence-corrected chi connectivity index (χ1v) is 6.72. The molecular weight excluding hydrogens is 320 g/mol. The van der Waals surface area contributed by atoms with E-state index in [2.05, 4.69) is 23.3 Å². The van der Waals surface area contributed by atoms with Crippen LogP contribution in [0.3, 0.4) is 0 Å². The second kappa shape index (κ2) is 10.8. The number of carbonyl (C=O) groups is 4. The third-order valence-electron chi connectivity index (χ3n) is 2.45. The van der Waals surface area contributed by atoms with Gasteiger partial charge in [-0.25, -0.2) is 5.43 Å². The number of thiol groups is 1. The molecule has 2 atom stereocenters. The molecule has 2 amide bonds. The first-order chi connectivity index (χ1) is 10.3. The summed E-state index contributed by atoms with van der Waals surface area (Å²) < 4.78 is 0. The summed E-state index contributed by atoms with van der Waals surface area (Å²) in [6.07, 6.45) is -0.382. The molecule has 11 nitrogen and oxygen atoms in total. The second-order valence-corrected chi connectivity index (χ2v) is 4.47. The van der Waals surface area contributed by atoms with E-state index in [9.17, 15) is 19.2 Å². The molecule has 12 heteroatoms. The topological polar surface area (TPSA) is 177 Å². The monoisotopic (exact) mass is 338 g/mol. The van der Waals surface area contributed by atoms with Crippen molar-refractivity contribution in [3.8, 4) is 0 Å². The van der Waals surface area contributed by atoms with Crippen LogP contribution in [-0.4, -0.2) is 63.6 Å². The van der Waals surface area contributed by atoms with Crippen molar-refractivity contribution >= 4 is 36.4 Å². The molecule has 0 heterocycles. The Kier molecular flexibility index (Phi) is 9.86. The van der Waals surface area contributed by atoms with Gasteiger partial charge in [0.25, 0.3) is 0 Å². The van der Waals surface area contributed by atoms with Crippen LogP contribution in [-0.2, 0) is 19.2 Å². The number of carboxylic acid groups (broad SMARTS) is 2. The van der Waals surface area contributed by atoms with Gasteiger partial charge in [-0.1, -0.05) is 0 Å². The molecular formula is C10H18N4O7S. The van der Waals surface area contributed by atoms with Gasteiger partial charge in [0.1, 0.15) is 18.6 Å². The van der Waals surface area contributed by atoms with Crippen LogP contribution in [0.4, 0.5) is 0 Å². The zero-order valence-corrected chi connectivity index (χ0v) is 12.3. The van der Waals surface area contributed by atoms with Crippen molar-refractivity contribution in [2.45, 2.75) is 24.9 Å². The number of rotatable bonds is 11. The predicted molar refractivity (Wildman–Crippen MR) is 75.1 cm³/mol. The number of amides is 2. The van der Waals surface area contributed by atoms with Crippen LogP contribution in [0.1, 0.15) is 12.8 Å². The maximum Gasteiger partial charge on any atom is 0.322 e. The van der Waals surface area contributed by atoms with E-state index < -0.39 is 42.4 Å². The highest BCUT2D eigenvalue weighted by Gasteiger charge is 2.22. The fourth-order valence-corrected chi connectivity index (χ4v) is 1.61. The smallest absolute Gasteiger partial charge is 0.322 e. The molecule has 7 N–H and O–H groups in total. The number of hydrazine groups is 1. The largest absolute Gasteiger partial charge is 0.480 e. The van der Waals surface area contributed by atoms with Crippen LogP contribution in [0.2, 0.25) is 0 Å². The minimum absolute atomic E-state index is 0.0595. The quantitative estimate of drug-likeness (QED) is 0.147. The lowest BCUT2D eigenvalue weighted by atomic mass is 10.1. The molecule has 0 spiro atoms. The highest BCUT2D eigenvalue weighted by atomic mass is 32.1. The van der Waals surface area contributed by atoms with Crippen molar-refractivity contribution < 1.29 is 34.6 Å². The van der Waals surface area contributed by atoms with Gasteiger partial charge >= 0.3 is 11.9 Å². The summed E-state index contributed by atoms with van der Waals surface area (Å²) in [6, 6.07) is -2.24. The lowest BCUT2D eigenvalue weighted by molar-refractivity contribution is -0.141. The first kappa shape index (κ1) is 20.1. The Balaban J connectivity index is 4.33. The summed E-state index contributed by atoms with van der Waals surface area (Å²) in [5.41, 5.74) is 3.50. The molecule has 0 aliphatic rings. The molecule has 0 radical (unpaired) electrons. The predicted octanol–water partition coefficient (Wildman–Crippen LogP) is -2.68. The molecule has 0 fully saturated rings. The SMILES string of the molecule is O=C(O)CNC(=O)[C@H](CS)NC(=O)CC[C@H](NNO)C(=O)O. The van der Waals surface area contributed by atoms with E-state index >= 15 is 0 Å². The van der Waals surface area contributed by atoms with Gasteiger partial charge in [-0.3, -0.25) is 19.2 Å². The number of carbonyl (C=O) groups excluding carboxylic acids is 2. The van der Waals surface area contributed by atoms with Gasteiger partial charge in [0, 0.05) is 12.2 Å². The van der Waals surface area contributed by atoms with Gasteiger partial charge in [-0.15, -0.1) is 5.59 Å². The third-order valence-corrected chi connectivity index (χ3v) is 2.81. The maximum atomic E-state index is 11.6. The number of aliphatic carboxylic acids is 2. The standard InChI is InChI=1S/C10H18N4O7S/c15-7(2-1-5(10(19)20)13-14-21)12-6(4-22)9(18)11-3-8(16)17/h5-6,13-14,21-22H,1-4H2,(H,11,18)(H,12,15)(H,16,17)(H,19,20)/t5-,6-/m0/s1. The molecule has 0 aliphatic carbocycles. The van der Waals surface area contributed by atoms with E-state index in [1.807, 2.05) is 5.43 Å². The molecule has 0 saturated heterocycles. The van der Waals surface area contributed by atoms with Crippen LogP contribution in [0, 0.1) is 0 Å². The minimum atomic E-state index is -1.28. The van der Waals surface area contributed by atoms with Gasteiger partial charge < -0.3 is 26.1 Å². The molecule has 0 unspecified atom stereocenters. The van der Waals surface area contributed by atoms with E-state index in [1.165, 1.54) is 5.59 Å². The van der Waals surface area contributed by atoms with Crippen molar-refractivity contribution in [3.63, 3.8) is 0 Å². The Morgan fingerprint density at radius 1 is 1.09 bits per heavy atom. The molecule has 22 heavy (non-hydrogen) atoms. The van der Waals surface area contributed by atoms with Crippen LogP contribution in [0.15, 0.2) is 0 Å². The normalized spacial score (nSPS) is 13.0. The molecule has 126 valence electrons. The fourth-order valence-electron chi connectivity index (χ4n) is 1.36. The molecule has 0 rings (SSSR count). The van der Waals surface area contributed by atoms with Gasteiger partial charge in [0.05, 0.1) is 0 Å². The average Bonchev–Trinajstić information content (AvgIpc) is 2.46. The molecule has 0 aliphatic heterocycles. The minimum Gasteiger partial charge on any atom is -0.480 e. The van der Waals surface area contributed by atoms with Gasteiger partial charge in [0.2, 0.25) is 11.8 Å². The molecule has 0 aromatic rings. The maximum absolute atomic E-state index is 11.6. The average molecular weight is 338 g/mol. The Morgan fingerprint density at radius 3 is 2.18 bits per heavy atom. The van der Waals surface area contributed by atoms with Gasteiger partial charge in [0.15, 0.2) is 0 Å². The summed E-state index contributed by atoms with van der Waals surface area (Å²) in [6.45, 7) is -0.591. The van der Waals surface area contributed by atoms with E-state index in [0.29, 0.717) is 0 Å². The van der Waals surface area contributed by atoms with Crippen molar-refractivity contribution in [2.24, 2.45) is 0 Å². The zero-order chi connectivity index (χ0) is 17.1. The van der Waals surface area contributed by atoms with E-state index in [4.69, 9.17) is 15.4 Å². The molecule has 0 bridgehead atoms. The van der Waals surface area contributed by atoms with Crippen LogP contribution >= 0.6 is 12.6 Å². The van der Waals surface area contributed by atoms with Crippen LogP contribution in [0.5, 0.6) is 0 Å². The number of hydrogen-bond donors (Lipinski definition) is 8. The number of nitrogens with one attached hydrogen (secondary N) is 4. The van der Waals surface area contributed by atoms with Crippen molar-refractivity contribution in [1.82, 2.24) is 21.6 Å². The summed E-state index contributed by atoms with van der Waals surface area (Å²) in [4.78, 5) is 44.3. The second-order valence-electron chi connectivity index (χ2n) is 4.10. The highest BCUT2D eigenvalue weighted by molar-refractivity contribution is 7.80. The van der Waals surface area contributed by atoms with E-state index in [0.717, 1.165) is 0 Å². The Hall–Kier alpha value is -1.89. The fraction of sp³-hybridized carbons (Fsp3) is 0.600.